The third kappa shape index (κ3) is 4.09. The van der Waals surface area contributed by atoms with Crippen LogP contribution < -0.4 is 14.8 Å². The number of nitrogens with one attached hydrogen (secondary N) is 1. The van der Waals surface area contributed by atoms with Gasteiger partial charge in [-0.1, -0.05) is 0 Å². The highest BCUT2D eigenvalue weighted by molar-refractivity contribution is 7.17. The SMILES string of the molecule is CCOC(=O)c1c(NC(=O)[C@H]2CCOC(C)(C)C2)sc2c1-c1cc(OC)c(OC)cc1C2. The van der Waals surface area contributed by atoms with Gasteiger partial charge in [-0.25, -0.2) is 4.79 Å². The molecule has 1 N–H and O–H groups in total. The van der Waals surface area contributed by atoms with Crippen LogP contribution >= 0.6 is 11.3 Å². The zero-order valence-corrected chi connectivity index (χ0v) is 19.9. The standard InChI is InChI=1S/C24H29NO6S/c1-6-30-23(27)20-19-15-11-17(29-5)16(28-4)9-14(15)10-18(19)32-22(20)25-21(26)13-7-8-31-24(2,3)12-13/h9,11,13H,6-8,10,12H2,1-5H3,(H,25,26)/t13-/m0/s1. The zero-order valence-electron chi connectivity index (χ0n) is 19.1. The van der Waals surface area contributed by atoms with Gasteiger partial charge in [0.05, 0.1) is 26.4 Å². The Bertz CT molecular complexity index is 1060. The summed E-state index contributed by atoms with van der Waals surface area (Å²) >= 11 is 1.43. The van der Waals surface area contributed by atoms with Gasteiger partial charge >= 0.3 is 5.97 Å². The normalized spacial score (nSPS) is 18.5. The van der Waals surface area contributed by atoms with Crippen LogP contribution in [-0.4, -0.2) is 44.9 Å². The highest BCUT2D eigenvalue weighted by Crippen LogP contribution is 2.50. The summed E-state index contributed by atoms with van der Waals surface area (Å²) in [6.07, 6.45) is 1.95. The van der Waals surface area contributed by atoms with E-state index in [-0.39, 0.29) is 24.0 Å². The number of rotatable bonds is 6. The predicted octanol–water partition coefficient (Wildman–Crippen LogP) is 4.66. The highest BCUT2D eigenvalue weighted by Gasteiger charge is 2.36. The summed E-state index contributed by atoms with van der Waals surface area (Å²) in [5.74, 6) is 0.557. The van der Waals surface area contributed by atoms with E-state index in [2.05, 4.69) is 5.32 Å². The minimum Gasteiger partial charge on any atom is -0.493 e. The molecular formula is C24H29NO6S. The maximum Gasteiger partial charge on any atom is 0.341 e. The van der Waals surface area contributed by atoms with Crippen molar-refractivity contribution >= 4 is 28.2 Å². The van der Waals surface area contributed by atoms with E-state index in [9.17, 15) is 9.59 Å². The van der Waals surface area contributed by atoms with Gasteiger partial charge < -0.3 is 24.3 Å². The summed E-state index contributed by atoms with van der Waals surface area (Å²) in [5, 5.41) is 3.58. The van der Waals surface area contributed by atoms with Crippen molar-refractivity contribution in [1.29, 1.82) is 0 Å². The van der Waals surface area contributed by atoms with E-state index in [4.69, 9.17) is 18.9 Å². The van der Waals surface area contributed by atoms with E-state index in [1.54, 1.807) is 21.1 Å². The molecule has 1 saturated heterocycles. The number of ether oxygens (including phenoxy) is 4. The van der Waals surface area contributed by atoms with Gasteiger partial charge in [0.15, 0.2) is 11.5 Å². The Kier molecular flexibility index (Phi) is 6.18. The molecule has 1 amide bonds. The molecule has 2 heterocycles. The lowest BCUT2D eigenvalue weighted by Gasteiger charge is -2.34. The quantitative estimate of drug-likeness (QED) is 0.540. The van der Waals surface area contributed by atoms with Gasteiger partial charge in [-0.3, -0.25) is 4.79 Å². The summed E-state index contributed by atoms with van der Waals surface area (Å²) in [6, 6.07) is 3.83. The van der Waals surface area contributed by atoms with Crippen LogP contribution in [0.5, 0.6) is 11.5 Å². The van der Waals surface area contributed by atoms with Crippen LogP contribution in [0.15, 0.2) is 12.1 Å². The number of hydrogen-bond donors (Lipinski definition) is 1. The van der Waals surface area contributed by atoms with Gasteiger partial charge in [0.2, 0.25) is 5.91 Å². The summed E-state index contributed by atoms with van der Waals surface area (Å²) in [4.78, 5) is 27.1. The van der Waals surface area contributed by atoms with Crippen LogP contribution in [0.2, 0.25) is 0 Å². The van der Waals surface area contributed by atoms with E-state index < -0.39 is 5.97 Å². The number of thiophene rings is 1. The Balaban J connectivity index is 1.72. The van der Waals surface area contributed by atoms with E-state index in [1.165, 1.54) is 11.3 Å². The minimum absolute atomic E-state index is 0.0839. The lowest BCUT2D eigenvalue weighted by Crippen LogP contribution is -2.39. The van der Waals surface area contributed by atoms with E-state index >= 15 is 0 Å². The van der Waals surface area contributed by atoms with Crippen LogP contribution in [0.25, 0.3) is 11.1 Å². The van der Waals surface area contributed by atoms with Gasteiger partial charge in [0.1, 0.15) is 10.6 Å². The fourth-order valence-electron chi connectivity index (χ4n) is 4.52. The Hall–Kier alpha value is -2.58. The molecule has 4 rings (SSSR count). The van der Waals surface area contributed by atoms with Crippen molar-refractivity contribution in [2.24, 2.45) is 5.92 Å². The van der Waals surface area contributed by atoms with Crippen LogP contribution in [0.3, 0.4) is 0 Å². The van der Waals surface area contributed by atoms with Crippen LogP contribution in [0.4, 0.5) is 5.00 Å². The van der Waals surface area contributed by atoms with Crippen molar-refractivity contribution in [2.45, 2.75) is 45.6 Å². The first-order valence-electron chi connectivity index (χ1n) is 10.8. The number of anilines is 1. The third-order valence-corrected chi connectivity index (χ3v) is 7.10. The Morgan fingerprint density at radius 1 is 1.22 bits per heavy atom. The molecule has 1 atom stereocenters. The molecule has 1 aliphatic heterocycles. The van der Waals surface area contributed by atoms with Crippen LogP contribution in [-0.2, 0) is 20.7 Å². The second-order valence-electron chi connectivity index (χ2n) is 8.65. The minimum atomic E-state index is -0.435. The first kappa shape index (κ1) is 22.6. The second kappa shape index (κ2) is 8.75. The number of carbonyl (C=O) groups excluding carboxylic acids is 2. The van der Waals surface area contributed by atoms with Gasteiger partial charge in [0, 0.05) is 29.4 Å². The van der Waals surface area contributed by atoms with Crippen molar-refractivity contribution in [3.8, 4) is 22.6 Å². The Morgan fingerprint density at radius 3 is 2.59 bits per heavy atom. The Labute approximate surface area is 192 Å². The fraction of sp³-hybridized carbons (Fsp3) is 0.500. The molecule has 32 heavy (non-hydrogen) atoms. The predicted molar refractivity (Wildman–Crippen MR) is 123 cm³/mol. The molecule has 1 aliphatic carbocycles. The molecule has 0 unspecified atom stereocenters. The Morgan fingerprint density at radius 2 is 1.94 bits per heavy atom. The van der Waals surface area contributed by atoms with Gasteiger partial charge in [0.25, 0.3) is 0 Å². The topological polar surface area (TPSA) is 83.1 Å². The first-order chi connectivity index (χ1) is 15.3. The van der Waals surface area contributed by atoms with Crippen molar-refractivity contribution in [3.63, 3.8) is 0 Å². The van der Waals surface area contributed by atoms with E-state index in [1.807, 2.05) is 26.0 Å². The highest BCUT2D eigenvalue weighted by atomic mass is 32.1. The number of esters is 1. The molecule has 1 aromatic heterocycles. The molecule has 0 spiro atoms. The lowest BCUT2D eigenvalue weighted by atomic mass is 9.88. The largest absolute Gasteiger partial charge is 0.493 e. The van der Waals surface area contributed by atoms with Crippen LogP contribution in [0, 0.1) is 5.92 Å². The van der Waals surface area contributed by atoms with Gasteiger partial charge in [-0.2, -0.15) is 0 Å². The molecule has 2 aliphatic rings. The fourth-order valence-corrected chi connectivity index (χ4v) is 5.74. The summed E-state index contributed by atoms with van der Waals surface area (Å²) in [5.41, 5.74) is 2.85. The number of carbonyl (C=O) groups is 2. The number of fused-ring (bicyclic) bond motifs is 3. The maximum absolute atomic E-state index is 13.1. The third-order valence-electron chi connectivity index (χ3n) is 6.00. The van der Waals surface area contributed by atoms with Gasteiger partial charge in [-0.05, 0) is 56.9 Å². The molecule has 1 aromatic carbocycles. The average molecular weight is 460 g/mol. The molecule has 7 nitrogen and oxygen atoms in total. The zero-order chi connectivity index (χ0) is 23.0. The van der Waals surface area contributed by atoms with Crippen molar-refractivity contribution in [2.75, 3.05) is 32.8 Å². The van der Waals surface area contributed by atoms with E-state index in [0.29, 0.717) is 47.9 Å². The number of hydrogen-bond acceptors (Lipinski definition) is 7. The molecule has 1 fully saturated rings. The number of methoxy groups -OCH3 is 2. The average Bonchev–Trinajstić information content (AvgIpc) is 3.26. The summed E-state index contributed by atoms with van der Waals surface area (Å²) in [6.45, 7) is 6.56. The molecule has 0 saturated carbocycles. The van der Waals surface area contributed by atoms with Gasteiger partial charge in [-0.15, -0.1) is 11.3 Å². The molecule has 2 aromatic rings. The molecule has 172 valence electrons. The number of amides is 1. The van der Waals surface area contributed by atoms with Crippen molar-refractivity contribution in [3.05, 3.63) is 28.1 Å². The summed E-state index contributed by atoms with van der Waals surface area (Å²) in [7, 11) is 3.19. The van der Waals surface area contributed by atoms with Crippen LogP contribution in [0.1, 0.15) is 54.4 Å². The summed E-state index contributed by atoms with van der Waals surface area (Å²) < 4.78 is 22.0. The molecule has 0 radical (unpaired) electrons. The van der Waals surface area contributed by atoms with E-state index in [0.717, 1.165) is 21.6 Å². The molecule has 8 heteroatoms. The molecule has 0 bridgehead atoms. The first-order valence-corrected chi connectivity index (χ1v) is 11.6. The maximum atomic E-state index is 13.1. The second-order valence-corrected chi connectivity index (χ2v) is 9.76. The monoisotopic (exact) mass is 459 g/mol. The number of benzene rings is 1. The smallest absolute Gasteiger partial charge is 0.341 e. The van der Waals surface area contributed by atoms with Crippen molar-refractivity contribution < 1.29 is 28.5 Å². The lowest BCUT2D eigenvalue weighted by molar-refractivity contribution is -0.130. The molecular weight excluding hydrogens is 430 g/mol. The van der Waals surface area contributed by atoms with Crippen molar-refractivity contribution in [1.82, 2.24) is 0 Å².